The molecule has 0 bridgehead atoms. The third kappa shape index (κ3) is 5.10. The Morgan fingerprint density at radius 3 is 2.48 bits per heavy atom. The fraction of sp³-hybridized carbons (Fsp3) is 0.261. The molecule has 3 aromatic rings. The number of hydrogen-bond donors (Lipinski definition) is 2. The largest absolute Gasteiger partial charge is 0.497 e. The molecule has 2 heterocycles. The van der Waals surface area contributed by atoms with Crippen molar-refractivity contribution >= 4 is 34.3 Å². The number of hydrogen-bond acceptors (Lipinski definition) is 8. The highest BCUT2D eigenvalue weighted by Crippen LogP contribution is 2.33. The van der Waals surface area contributed by atoms with Crippen LogP contribution in [0.2, 0.25) is 0 Å². The van der Waals surface area contributed by atoms with Crippen molar-refractivity contribution in [3.8, 4) is 11.5 Å². The number of pyridine rings is 2. The number of allylic oxidation sites excluding steroid dienone is 1. The van der Waals surface area contributed by atoms with E-state index in [9.17, 15) is 5.11 Å². The molecule has 0 fully saturated rings. The Hall–Kier alpha value is -3.65. The van der Waals surface area contributed by atoms with Gasteiger partial charge in [-0.15, -0.1) is 0 Å². The number of rotatable bonds is 9. The van der Waals surface area contributed by atoms with Crippen molar-refractivity contribution < 1.29 is 14.6 Å². The first-order valence-electron chi connectivity index (χ1n) is 9.86. The molecule has 162 valence electrons. The molecule has 0 aliphatic rings. The minimum atomic E-state index is 0.0674. The standard InChI is InChI=1S/C23H27N5O3/c1-25-14-17(13-24)16-9-22-21(26-15-16)5-6-23(27-22)28(7-4-8-29)18-10-19(30-2)12-20(11-18)31-3/h5-6,9-15,29H,4,7-8,24H2,1-3H3. The summed E-state index contributed by atoms with van der Waals surface area (Å²) in [7, 11) is 4.91. The second kappa shape index (κ2) is 10.4. The minimum Gasteiger partial charge on any atom is -0.497 e. The smallest absolute Gasteiger partial charge is 0.133 e. The fourth-order valence-electron chi connectivity index (χ4n) is 3.21. The van der Waals surface area contributed by atoms with Crippen LogP contribution in [0.5, 0.6) is 11.5 Å². The Morgan fingerprint density at radius 1 is 1.13 bits per heavy atom. The Kier molecular flexibility index (Phi) is 7.40. The molecule has 3 rings (SSSR count). The molecule has 0 spiro atoms. The Balaban J connectivity index is 2.10. The molecule has 0 aliphatic heterocycles. The predicted octanol–water partition coefficient (Wildman–Crippen LogP) is 3.17. The van der Waals surface area contributed by atoms with E-state index < -0.39 is 0 Å². The van der Waals surface area contributed by atoms with Gasteiger partial charge in [-0.3, -0.25) is 9.98 Å². The van der Waals surface area contributed by atoms with Gasteiger partial charge in [-0.05, 0) is 24.6 Å². The van der Waals surface area contributed by atoms with Crippen LogP contribution in [0.1, 0.15) is 12.0 Å². The zero-order valence-electron chi connectivity index (χ0n) is 17.9. The van der Waals surface area contributed by atoms with Crippen molar-refractivity contribution in [1.82, 2.24) is 9.97 Å². The lowest BCUT2D eigenvalue weighted by molar-refractivity contribution is 0.290. The topological polar surface area (TPSA) is 106 Å². The third-order valence-electron chi connectivity index (χ3n) is 4.77. The quantitative estimate of drug-likeness (QED) is 0.511. The highest BCUT2D eigenvalue weighted by atomic mass is 16.5. The van der Waals surface area contributed by atoms with Gasteiger partial charge in [0.25, 0.3) is 0 Å². The van der Waals surface area contributed by atoms with Crippen molar-refractivity contribution in [3.63, 3.8) is 0 Å². The number of aliphatic imine (C=N–C) groups is 1. The van der Waals surface area contributed by atoms with Crippen molar-refractivity contribution in [3.05, 3.63) is 54.4 Å². The zero-order valence-corrected chi connectivity index (χ0v) is 17.9. The summed E-state index contributed by atoms with van der Waals surface area (Å²) in [5.41, 5.74) is 9.67. The molecule has 3 N–H and O–H groups in total. The SMILES string of the molecule is CN=CC(=CN)c1cnc2ccc(N(CCCO)c3cc(OC)cc(OC)c3)nc2c1. The van der Waals surface area contributed by atoms with E-state index in [0.717, 1.165) is 33.7 Å². The lowest BCUT2D eigenvalue weighted by Gasteiger charge is -2.25. The van der Waals surface area contributed by atoms with Crippen molar-refractivity contribution in [2.45, 2.75) is 6.42 Å². The zero-order chi connectivity index (χ0) is 22.2. The number of aromatic nitrogens is 2. The number of ether oxygens (including phenoxy) is 2. The molecule has 31 heavy (non-hydrogen) atoms. The van der Waals surface area contributed by atoms with E-state index in [-0.39, 0.29) is 6.61 Å². The maximum absolute atomic E-state index is 9.42. The fourth-order valence-corrected chi connectivity index (χ4v) is 3.21. The Morgan fingerprint density at radius 2 is 1.87 bits per heavy atom. The molecule has 0 unspecified atom stereocenters. The maximum atomic E-state index is 9.42. The monoisotopic (exact) mass is 421 g/mol. The molecule has 0 aliphatic carbocycles. The average Bonchev–Trinajstić information content (AvgIpc) is 2.82. The predicted molar refractivity (Wildman–Crippen MR) is 124 cm³/mol. The molecule has 0 saturated carbocycles. The van der Waals surface area contributed by atoms with Crippen molar-refractivity contribution in [1.29, 1.82) is 0 Å². The van der Waals surface area contributed by atoms with Gasteiger partial charge in [0.1, 0.15) is 17.3 Å². The number of benzene rings is 1. The van der Waals surface area contributed by atoms with Crippen LogP contribution >= 0.6 is 0 Å². The highest BCUT2D eigenvalue weighted by Gasteiger charge is 2.15. The summed E-state index contributed by atoms with van der Waals surface area (Å²) in [5, 5.41) is 9.42. The second-order valence-electron chi connectivity index (χ2n) is 6.74. The minimum absolute atomic E-state index is 0.0674. The van der Waals surface area contributed by atoms with E-state index >= 15 is 0 Å². The third-order valence-corrected chi connectivity index (χ3v) is 4.77. The van der Waals surface area contributed by atoms with Crippen LogP contribution < -0.4 is 20.1 Å². The molecule has 2 aromatic heterocycles. The maximum Gasteiger partial charge on any atom is 0.133 e. The van der Waals surface area contributed by atoms with Gasteiger partial charge in [0.05, 0.1) is 25.3 Å². The van der Waals surface area contributed by atoms with E-state index in [2.05, 4.69) is 9.98 Å². The molecular weight excluding hydrogens is 394 g/mol. The van der Waals surface area contributed by atoms with Gasteiger partial charge in [0.2, 0.25) is 0 Å². The summed E-state index contributed by atoms with van der Waals surface area (Å²) >= 11 is 0. The number of nitrogens with two attached hydrogens (primary N) is 1. The number of aliphatic hydroxyl groups excluding tert-OH is 1. The van der Waals surface area contributed by atoms with Crippen LogP contribution in [-0.2, 0) is 0 Å². The van der Waals surface area contributed by atoms with E-state index in [1.807, 2.05) is 41.3 Å². The van der Waals surface area contributed by atoms with Crippen LogP contribution in [0.25, 0.3) is 16.6 Å². The van der Waals surface area contributed by atoms with Crippen LogP contribution in [0.4, 0.5) is 11.5 Å². The van der Waals surface area contributed by atoms with Gasteiger partial charge in [0.15, 0.2) is 0 Å². The van der Waals surface area contributed by atoms with Crippen LogP contribution in [-0.4, -0.2) is 55.7 Å². The first kappa shape index (κ1) is 22.0. The lowest BCUT2D eigenvalue weighted by atomic mass is 10.1. The molecule has 0 amide bonds. The molecule has 0 saturated heterocycles. The summed E-state index contributed by atoms with van der Waals surface area (Å²) in [6.45, 7) is 0.632. The van der Waals surface area contributed by atoms with Gasteiger partial charge in [0, 0.05) is 73.8 Å². The lowest BCUT2D eigenvalue weighted by Crippen LogP contribution is -2.20. The molecule has 8 heteroatoms. The number of aliphatic hydroxyl groups is 1. The summed E-state index contributed by atoms with van der Waals surface area (Å²) in [6, 6.07) is 11.4. The van der Waals surface area contributed by atoms with Crippen molar-refractivity contribution in [2.24, 2.45) is 10.7 Å². The molecule has 0 radical (unpaired) electrons. The number of anilines is 2. The van der Waals surface area contributed by atoms with Crippen LogP contribution in [0.15, 0.2) is 53.8 Å². The number of methoxy groups -OCH3 is 2. The summed E-state index contributed by atoms with van der Waals surface area (Å²) in [6.07, 6.45) is 5.50. The average molecular weight is 422 g/mol. The van der Waals surface area contributed by atoms with Crippen LogP contribution in [0.3, 0.4) is 0 Å². The Labute approximate surface area is 181 Å². The normalized spacial score (nSPS) is 11.8. The van der Waals surface area contributed by atoms with E-state index in [1.54, 1.807) is 33.7 Å². The van der Waals surface area contributed by atoms with E-state index in [1.165, 1.54) is 6.20 Å². The van der Waals surface area contributed by atoms with Gasteiger partial charge in [-0.1, -0.05) is 0 Å². The van der Waals surface area contributed by atoms with Gasteiger partial charge >= 0.3 is 0 Å². The first-order chi connectivity index (χ1) is 15.1. The van der Waals surface area contributed by atoms with E-state index in [0.29, 0.717) is 24.5 Å². The van der Waals surface area contributed by atoms with E-state index in [4.69, 9.17) is 20.2 Å². The number of fused-ring (bicyclic) bond motifs is 1. The number of nitrogens with zero attached hydrogens (tertiary/aromatic N) is 4. The second-order valence-corrected chi connectivity index (χ2v) is 6.74. The molecular formula is C23H27N5O3. The highest BCUT2D eigenvalue weighted by molar-refractivity contribution is 6.10. The summed E-state index contributed by atoms with van der Waals surface area (Å²) in [5.74, 6) is 2.06. The van der Waals surface area contributed by atoms with Gasteiger partial charge < -0.3 is 25.2 Å². The van der Waals surface area contributed by atoms with Crippen molar-refractivity contribution in [2.75, 3.05) is 39.3 Å². The molecule has 1 aromatic carbocycles. The summed E-state index contributed by atoms with van der Waals surface area (Å²) < 4.78 is 10.8. The summed E-state index contributed by atoms with van der Waals surface area (Å²) in [4.78, 5) is 15.4. The molecule has 0 atom stereocenters. The van der Waals surface area contributed by atoms with Gasteiger partial charge in [-0.2, -0.15) is 0 Å². The Bertz CT molecular complexity index is 1080. The van der Waals surface area contributed by atoms with Crippen LogP contribution in [0, 0.1) is 0 Å². The van der Waals surface area contributed by atoms with Gasteiger partial charge in [-0.25, -0.2) is 4.98 Å². The first-order valence-corrected chi connectivity index (χ1v) is 9.86. The molecule has 8 nitrogen and oxygen atoms in total.